The molecule has 0 saturated carbocycles. The highest BCUT2D eigenvalue weighted by Gasteiger charge is 2.37. The number of hydrogen-bond acceptors (Lipinski definition) is 1. The van der Waals surface area contributed by atoms with E-state index in [0.29, 0.717) is 12.5 Å². The van der Waals surface area contributed by atoms with Gasteiger partial charge in [-0.05, 0) is 11.6 Å². The van der Waals surface area contributed by atoms with Crippen LogP contribution < -0.4 is 14.0 Å². The summed E-state index contributed by atoms with van der Waals surface area (Å²) in [6.07, 6.45) is 3.72. The second-order valence-corrected chi connectivity index (χ2v) is 4.75. The Balaban J connectivity index is 2.64. The fourth-order valence-corrected chi connectivity index (χ4v) is 2.19. The first-order valence-electron chi connectivity index (χ1n) is 6.43. The zero-order valence-electron chi connectivity index (χ0n) is 12.1. The Labute approximate surface area is 116 Å². The average molecular weight is 283 g/mol. The molecule has 0 atom stereocenters. The van der Waals surface area contributed by atoms with Crippen molar-refractivity contribution in [1.29, 1.82) is 0 Å². The molecule has 6 heteroatoms. The number of rotatable bonds is 4. The zero-order valence-corrected chi connectivity index (χ0v) is 12.1. The molecule has 2 rings (SSSR count). The van der Waals surface area contributed by atoms with Gasteiger partial charge in [-0.3, -0.25) is 0 Å². The monoisotopic (exact) mass is 283 g/mol. The number of alkyl halides is 2. The van der Waals surface area contributed by atoms with E-state index in [1.54, 1.807) is 11.7 Å². The van der Waals surface area contributed by atoms with Crippen molar-refractivity contribution in [2.45, 2.75) is 19.8 Å². The SMILES string of the molecule is CCOc1cc(C(C)(F)F)n(C)[n+]1-c1ccc[n+](C)c1. The summed E-state index contributed by atoms with van der Waals surface area (Å²) in [7, 11) is 3.48. The molecule has 0 aliphatic carbocycles. The molecule has 2 aromatic heterocycles. The lowest BCUT2D eigenvalue weighted by Gasteiger charge is -2.07. The maximum atomic E-state index is 13.6. The highest BCUT2D eigenvalue weighted by Crippen LogP contribution is 2.28. The van der Waals surface area contributed by atoms with E-state index in [1.807, 2.05) is 43.1 Å². The second kappa shape index (κ2) is 5.19. The van der Waals surface area contributed by atoms with Gasteiger partial charge in [0.2, 0.25) is 6.20 Å². The average Bonchev–Trinajstić information content (AvgIpc) is 2.66. The summed E-state index contributed by atoms with van der Waals surface area (Å²) in [5, 5.41) is 0. The number of halogens is 2. The molecule has 0 bridgehead atoms. The first-order chi connectivity index (χ1) is 9.34. The summed E-state index contributed by atoms with van der Waals surface area (Å²) in [6.45, 7) is 3.12. The molecule has 108 valence electrons. The van der Waals surface area contributed by atoms with Crippen LogP contribution in [-0.4, -0.2) is 11.3 Å². The Morgan fingerprint density at radius 2 is 2.10 bits per heavy atom. The third kappa shape index (κ3) is 2.64. The number of pyridine rings is 1. The van der Waals surface area contributed by atoms with Crippen molar-refractivity contribution in [3.8, 4) is 11.6 Å². The third-order valence-electron chi connectivity index (χ3n) is 3.03. The van der Waals surface area contributed by atoms with Crippen molar-refractivity contribution < 1.29 is 22.8 Å². The summed E-state index contributed by atoms with van der Waals surface area (Å²) in [4.78, 5) is 0. The number of ether oxygens (including phenoxy) is 1. The zero-order chi connectivity index (χ0) is 14.9. The van der Waals surface area contributed by atoms with E-state index >= 15 is 0 Å². The van der Waals surface area contributed by atoms with Gasteiger partial charge in [-0.1, -0.05) is 0 Å². The van der Waals surface area contributed by atoms with Crippen LogP contribution in [-0.2, 0) is 20.0 Å². The molecule has 0 radical (unpaired) electrons. The quantitative estimate of drug-likeness (QED) is 0.782. The van der Waals surface area contributed by atoms with Crippen LogP contribution >= 0.6 is 0 Å². The van der Waals surface area contributed by atoms with Gasteiger partial charge in [0, 0.05) is 19.1 Å². The Hall–Kier alpha value is -1.98. The summed E-state index contributed by atoms with van der Waals surface area (Å²) < 4.78 is 37.7. The lowest BCUT2D eigenvalue weighted by Crippen LogP contribution is -2.44. The van der Waals surface area contributed by atoms with Crippen molar-refractivity contribution in [3.63, 3.8) is 0 Å². The maximum absolute atomic E-state index is 13.6. The molecule has 0 aromatic carbocycles. The van der Waals surface area contributed by atoms with Gasteiger partial charge in [-0.2, -0.15) is 8.78 Å². The molecule has 0 unspecified atom stereocenters. The predicted octanol–water partition coefficient (Wildman–Crippen LogP) is 1.64. The van der Waals surface area contributed by atoms with E-state index in [0.717, 1.165) is 12.6 Å². The molecule has 0 aliphatic rings. The van der Waals surface area contributed by atoms with Gasteiger partial charge >= 0.3 is 11.6 Å². The van der Waals surface area contributed by atoms with Crippen molar-refractivity contribution in [3.05, 3.63) is 36.3 Å². The van der Waals surface area contributed by atoms with Crippen molar-refractivity contribution in [1.82, 2.24) is 4.68 Å². The van der Waals surface area contributed by atoms with E-state index in [1.165, 1.54) is 10.7 Å². The summed E-state index contributed by atoms with van der Waals surface area (Å²) in [5.41, 5.74) is 0.670. The van der Waals surface area contributed by atoms with Gasteiger partial charge < -0.3 is 4.74 Å². The van der Waals surface area contributed by atoms with Crippen LogP contribution in [0.25, 0.3) is 5.69 Å². The highest BCUT2D eigenvalue weighted by molar-refractivity contribution is 5.20. The summed E-state index contributed by atoms with van der Waals surface area (Å²) in [6, 6.07) is 5.09. The minimum absolute atomic E-state index is 0.0903. The van der Waals surface area contributed by atoms with Crippen molar-refractivity contribution in [2.24, 2.45) is 14.1 Å². The van der Waals surface area contributed by atoms with E-state index in [2.05, 4.69) is 0 Å². The second-order valence-electron chi connectivity index (χ2n) is 4.75. The van der Waals surface area contributed by atoms with Crippen molar-refractivity contribution >= 4 is 0 Å². The summed E-state index contributed by atoms with van der Waals surface area (Å²) in [5.74, 6) is -2.53. The van der Waals surface area contributed by atoms with E-state index in [9.17, 15) is 8.78 Å². The standard InChI is InChI=1S/C14H19F2N3O/c1-5-20-13-9-12(14(2,15)16)18(4)19(13)11-7-6-8-17(3)10-11/h6-10H,5H2,1-4H3/q+2. The molecule has 0 fully saturated rings. The normalized spacial score (nSPS) is 11.7. The number of nitrogens with zero attached hydrogens (tertiary/aromatic N) is 3. The third-order valence-corrected chi connectivity index (χ3v) is 3.03. The highest BCUT2D eigenvalue weighted by atomic mass is 19.3. The van der Waals surface area contributed by atoms with E-state index < -0.39 is 5.92 Å². The van der Waals surface area contributed by atoms with Crippen LogP contribution in [0.2, 0.25) is 0 Å². The molecule has 4 nitrogen and oxygen atoms in total. The number of hydrogen-bond donors (Lipinski definition) is 0. The molecule has 20 heavy (non-hydrogen) atoms. The fourth-order valence-electron chi connectivity index (χ4n) is 2.19. The first-order valence-corrected chi connectivity index (χ1v) is 6.43. The van der Waals surface area contributed by atoms with Crippen molar-refractivity contribution in [2.75, 3.05) is 6.61 Å². The largest absolute Gasteiger partial charge is 0.443 e. The lowest BCUT2D eigenvalue weighted by atomic mass is 10.3. The Morgan fingerprint density at radius 3 is 2.65 bits per heavy atom. The topological polar surface area (TPSA) is 21.9 Å². The molecule has 2 aromatic rings. The Morgan fingerprint density at radius 1 is 1.40 bits per heavy atom. The minimum Gasteiger partial charge on any atom is -0.443 e. The predicted molar refractivity (Wildman–Crippen MR) is 68.9 cm³/mol. The van der Waals surface area contributed by atoms with Gasteiger partial charge in [0.25, 0.3) is 5.92 Å². The smallest absolute Gasteiger partial charge is 0.400 e. The molecule has 0 spiro atoms. The molecular weight excluding hydrogens is 264 g/mol. The van der Waals surface area contributed by atoms with Gasteiger partial charge in [0.15, 0.2) is 11.9 Å². The molecule has 0 saturated heterocycles. The van der Waals surface area contributed by atoms with E-state index in [-0.39, 0.29) is 5.69 Å². The first kappa shape index (κ1) is 14.4. The van der Waals surface area contributed by atoms with Gasteiger partial charge in [0.05, 0.1) is 19.7 Å². The van der Waals surface area contributed by atoms with Gasteiger partial charge in [-0.15, -0.1) is 4.68 Å². The van der Waals surface area contributed by atoms with Crippen LogP contribution in [0.3, 0.4) is 0 Å². The molecule has 0 amide bonds. The van der Waals surface area contributed by atoms with Crippen LogP contribution in [0, 0.1) is 0 Å². The molecule has 0 N–H and O–H groups in total. The lowest BCUT2D eigenvalue weighted by molar-refractivity contribution is -0.713. The number of aryl methyl sites for hydroxylation is 1. The van der Waals surface area contributed by atoms with Crippen LogP contribution in [0.1, 0.15) is 19.5 Å². The minimum atomic E-state index is -2.93. The van der Waals surface area contributed by atoms with Crippen LogP contribution in [0.5, 0.6) is 5.88 Å². The van der Waals surface area contributed by atoms with Crippen LogP contribution in [0.15, 0.2) is 30.6 Å². The molecule has 2 heterocycles. The number of aromatic nitrogens is 3. The maximum Gasteiger partial charge on any atom is 0.400 e. The molecular formula is C14H19F2N3O+2. The summed E-state index contributed by atoms with van der Waals surface area (Å²) >= 11 is 0. The van der Waals surface area contributed by atoms with E-state index in [4.69, 9.17) is 4.74 Å². The molecule has 0 aliphatic heterocycles. The van der Waals surface area contributed by atoms with Gasteiger partial charge in [-0.25, -0.2) is 4.57 Å². The van der Waals surface area contributed by atoms with Crippen LogP contribution in [0.4, 0.5) is 8.78 Å². The Kier molecular flexibility index (Phi) is 3.74. The van der Waals surface area contributed by atoms with Gasteiger partial charge in [0.1, 0.15) is 7.05 Å². The Bertz CT molecular complexity index is 617. The fraction of sp³-hybridized carbons (Fsp3) is 0.429.